The van der Waals surface area contributed by atoms with E-state index in [0.29, 0.717) is 0 Å². The first-order valence-corrected chi connectivity index (χ1v) is 17.0. The smallest absolute Gasteiger partial charge is 0.0249 e. The summed E-state index contributed by atoms with van der Waals surface area (Å²) in [5, 5.41) is 0. The molecule has 0 saturated heterocycles. The summed E-state index contributed by atoms with van der Waals surface area (Å²) in [5.41, 5.74) is 16.3. The summed E-state index contributed by atoms with van der Waals surface area (Å²) in [7, 11) is 0. The lowest BCUT2D eigenvalue weighted by atomic mass is 9.93. The fourth-order valence-corrected chi connectivity index (χ4v) is 6.41. The molecule has 50 heavy (non-hydrogen) atoms. The van der Waals surface area contributed by atoms with Crippen molar-refractivity contribution in [2.75, 3.05) is 0 Å². The van der Waals surface area contributed by atoms with E-state index in [2.05, 4.69) is 218 Å². The fourth-order valence-electron chi connectivity index (χ4n) is 6.41. The minimum Gasteiger partial charge on any atom is -0.0622 e. The predicted molar refractivity (Wildman–Crippen MR) is 211 cm³/mol. The largest absolute Gasteiger partial charge is 0.0622 e. The van der Waals surface area contributed by atoms with Crippen LogP contribution in [0.2, 0.25) is 0 Å². The van der Waals surface area contributed by atoms with Crippen LogP contribution in [-0.4, -0.2) is 0 Å². The maximum absolute atomic E-state index is 3.38. The van der Waals surface area contributed by atoms with Gasteiger partial charge in [-0.3, -0.25) is 0 Å². The molecule has 0 heteroatoms. The summed E-state index contributed by atoms with van der Waals surface area (Å²) in [4.78, 5) is 0. The normalized spacial score (nSPS) is 10.6. The lowest BCUT2D eigenvalue weighted by Crippen LogP contribution is -1.87. The second kappa shape index (κ2) is 14.2. The summed E-state index contributed by atoms with van der Waals surface area (Å²) in [6.07, 6.45) is 0. The second-order valence-corrected chi connectivity index (χ2v) is 12.5. The van der Waals surface area contributed by atoms with Crippen LogP contribution < -0.4 is 0 Å². The molecule has 0 amide bonds. The van der Waals surface area contributed by atoms with Crippen molar-refractivity contribution in [1.29, 1.82) is 0 Å². The molecule has 8 aromatic carbocycles. The molecule has 0 nitrogen and oxygen atoms in total. The van der Waals surface area contributed by atoms with Gasteiger partial charge in [0.2, 0.25) is 0 Å². The van der Waals surface area contributed by atoms with E-state index in [9.17, 15) is 0 Å². The van der Waals surface area contributed by atoms with E-state index >= 15 is 0 Å². The zero-order valence-corrected chi connectivity index (χ0v) is 27.6. The Morgan fingerprint density at radius 2 is 0.380 bits per heavy atom. The minimum absolute atomic E-state index is 0.989. The highest BCUT2D eigenvalue weighted by atomic mass is 14.1. The van der Waals surface area contributed by atoms with E-state index in [-0.39, 0.29) is 0 Å². The van der Waals surface area contributed by atoms with E-state index in [4.69, 9.17) is 0 Å². The first-order chi connectivity index (χ1) is 24.7. The van der Waals surface area contributed by atoms with Crippen molar-refractivity contribution in [3.05, 3.63) is 217 Å². The lowest BCUT2D eigenvalue weighted by Gasteiger charge is -2.11. The third-order valence-electron chi connectivity index (χ3n) is 9.08. The third kappa shape index (κ3) is 6.95. The average molecular weight is 635 g/mol. The fraction of sp³-hybridized carbons (Fsp3) is 0. The summed E-state index contributed by atoms with van der Waals surface area (Å²) in [5.74, 6) is 6.77. The Morgan fingerprint density at radius 3 is 0.600 bits per heavy atom. The second-order valence-electron chi connectivity index (χ2n) is 12.5. The molecule has 0 atom stereocenters. The molecule has 0 aromatic heterocycles. The Bertz CT molecular complexity index is 2120. The van der Waals surface area contributed by atoms with E-state index in [1.165, 1.54) is 66.8 Å². The van der Waals surface area contributed by atoms with Crippen molar-refractivity contribution in [3.8, 4) is 78.6 Å². The first-order valence-electron chi connectivity index (χ1n) is 17.0. The van der Waals surface area contributed by atoms with Gasteiger partial charge in [0.05, 0.1) is 0 Å². The highest BCUT2D eigenvalue weighted by Gasteiger charge is 2.09. The van der Waals surface area contributed by atoms with Crippen LogP contribution in [0.4, 0.5) is 0 Å². The zero-order valence-electron chi connectivity index (χ0n) is 27.6. The molecule has 0 aliphatic rings. The van der Waals surface area contributed by atoms with Gasteiger partial charge in [0.25, 0.3) is 0 Å². The van der Waals surface area contributed by atoms with Gasteiger partial charge in [-0.15, -0.1) is 0 Å². The van der Waals surface area contributed by atoms with Crippen LogP contribution in [0.1, 0.15) is 11.1 Å². The first kappa shape index (κ1) is 30.6. The molecule has 0 heterocycles. The van der Waals surface area contributed by atoms with Gasteiger partial charge in [-0.25, -0.2) is 0 Å². The van der Waals surface area contributed by atoms with Crippen LogP contribution in [0.5, 0.6) is 0 Å². The maximum atomic E-state index is 3.38. The van der Waals surface area contributed by atoms with Crippen LogP contribution >= 0.6 is 0 Å². The Hall–Kier alpha value is -6.68. The van der Waals surface area contributed by atoms with Gasteiger partial charge in [-0.1, -0.05) is 157 Å². The number of rotatable bonds is 6. The van der Waals surface area contributed by atoms with Crippen LogP contribution in [0.3, 0.4) is 0 Å². The average Bonchev–Trinajstić information content (AvgIpc) is 3.21. The van der Waals surface area contributed by atoms with Gasteiger partial charge < -0.3 is 0 Å². The predicted octanol–water partition coefficient (Wildman–Crippen LogP) is 13.1. The molecule has 234 valence electrons. The number of hydrogen-bond acceptors (Lipinski definition) is 0. The van der Waals surface area contributed by atoms with E-state index in [1.807, 2.05) is 0 Å². The monoisotopic (exact) mass is 634 g/mol. The molecule has 0 unspecified atom stereocenters. The van der Waals surface area contributed by atoms with Gasteiger partial charge >= 0.3 is 0 Å². The molecule has 0 radical (unpaired) electrons. The maximum Gasteiger partial charge on any atom is 0.0249 e. The van der Waals surface area contributed by atoms with Crippen LogP contribution in [-0.2, 0) is 0 Å². The van der Waals surface area contributed by atoms with Crippen molar-refractivity contribution in [3.63, 3.8) is 0 Å². The van der Waals surface area contributed by atoms with Crippen molar-refractivity contribution in [1.82, 2.24) is 0 Å². The molecule has 0 saturated carbocycles. The van der Waals surface area contributed by atoms with Crippen molar-refractivity contribution < 1.29 is 0 Å². The van der Waals surface area contributed by atoms with Gasteiger partial charge in [0.15, 0.2) is 0 Å². The Balaban J connectivity index is 1.06. The standard InChI is InChI=1S/C50H34/c1-5-13-39(14-6-1)45-31-46(40-15-7-2-8-16-40)34-49(33-45)43-27-23-37(24-28-43)21-22-38-25-29-44(30-26-38)50-35-47(41-17-9-3-10-18-41)32-48(36-50)42-19-11-4-12-20-42/h1-20,23-36H. The topological polar surface area (TPSA) is 0 Å². The SMILES string of the molecule is C(#Cc1ccc(-c2cc(-c3ccccc3)cc(-c3ccccc3)c2)cc1)c1ccc(-c2cc(-c3ccccc3)cc(-c3ccccc3)c2)cc1. The molecular weight excluding hydrogens is 601 g/mol. The van der Waals surface area contributed by atoms with Gasteiger partial charge in [0, 0.05) is 11.1 Å². The summed E-state index contributed by atoms with van der Waals surface area (Å²) in [6, 6.07) is 73.2. The third-order valence-corrected chi connectivity index (χ3v) is 9.08. The summed E-state index contributed by atoms with van der Waals surface area (Å²) >= 11 is 0. The molecule has 8 aromatic rings. The van der Waals surface area contributed by atoms with E-state index in [1.54, 1.807) is 0 Å². The van der Waals surface area contributed by atoms with Crippen molar-refractivity contribution in [2.45, 2.75) is 0 Å². The van der Waals surface area contributed by atoms with Gasteiger partial charge in [0.1, 0.15) is 0 Å². The molecule has 8 rings (SSSR count). The number of benzene rings is 8. The van der Waals surface area contributed by atoms with Crippen LogP contribution in [0.25, 0.3) is 66.8 Å². The lowest BCUT2D eigenvalue weighted by molar-refractivity contribution is 1.55. The van der Waals surface area contributed by atoms with Crippen molar-refractivity contribution >= 4 is 0 Å². The highest BCUT2D eigenvalue weighted by Crippen LogP contribution is 2.34. The summed E-state index contributed by atoms with van der Waals surface area (Å²) in [6.45, 7) is 0. The quantitative estimate of drug-likeness (QED) is 0.160. The van der Waals surface area contributed by atoms with E-state index in [0.717, 1.165) is 11.1 Å². The highest BCUT2D eigenvalue weighted by molar-refractivity contribution is 5.83. The Labute approximate surface area is 295 Å². The zero-order chi connectivity index (χ0) is 33.5. The van der Waals surface area contributed by atoms with Crippen molar-refractivity contribution in [2.24, 2.45) is 0 Å². The Kier molecular flexibility index (Phi) is 8.71. The van der Waals surface area contributed by atoms with Gasteiger partial charge in [-0.2, -0.15) is 0 Å². The summed E-state index contributed by atoms with van der Waals surface area (Å²) < 4.78 is 0. The van der Waals surface area contributed by atoms with E-state index < -0.39 is 0 Å². The molecule has 0 aliphatic heterocycles. The Morgan fingerprint density at radius 1 is 0.180 bits per heavy atom. The molecule has 0 bridgehead atoms. The molecule has 0 N–H and O–H groups in total. The van der Waals surface area contributed by atoms with Crippen LogP contribution in [0, 0.1) is 11.8 Å². The number of hydrogen-bond donors (Lipinski definition) is 0. The minimum atomic E-state index is 0.989. The molecular formula is C50H34. The molecule has 0 fully saturated rings. The van der Waals surface area contributed by atoms with Gasteiger partial charge in [-0.05, 0) is 127 Å². The molecule has 0 aliphatic carbocycles. The molecule has 0 spiro atoms. The van der Waals surface area contributed by atoms with Crippen LogP contribution in [0.15, 0.2) is 206 Å².